The van der Waals surface area contributed by atoms with Gasteiger partial charge in [0.25, 0.3) is 0 Å². The molecule has 2 aromatic carbocycles. The molecule has 1 aliphatic heterocycles. The third kappa shape index (κ3) is 3.48. The normalized spacial score (nSPS) is 19.2. The molecule has 0 spiro atoms. The van der Waals surface area contributed by atoms with Crippen molar-refractivity contribution in [2.75, 3.05) is 6.54 Å². The third-order valence-electron chi connectivity index (χ3n) is 4.20. The summed E-state index contributed by atoms with van der Waals surface area (Å²) in [5, 5.41) is 10.2. The highest BCUT2D eigenvalue weighted by atomic mass is 16.3. The average molecular weight is 309 g/mol. The summed E-state index contributed by atoms with van der Waals surface area (Å²) in [7, 11) is 0. The fourth-order valence-electron chi connectivity index (χ4n) is 2.95. The van der Waals surface area contributed by atoms with Crippen molar-refractivity contribution in [3.8, 4) is 0 Å². The van der Waals surface area contributed by atoms with Crippen LogP contribution in [0.2, 0.25) is 0 Å². The van der Waals surface area contributed by atoms with Crippen LogP contribution in [0.25, 0.3) is 0 Å². The van der Waals surface area contributed by atoms with Crippen molar-refractivity contribution in [1.82, 2.24) is 4.90 Å². The van der Waals surface area contributed by atoms with E-state index in [9.17, 15) is 14.7 Å². The molecule has 0 aromatic heterocycles. The van der Waals surface area contributed by atoms with Gasteiger partial charge in [-0.3, -0.25) is 14.5 Å². The SMILES string of the molecule is O=C1C[C@@H](Cc2ccccc2)C(=O)N1C[C@@H](O)c1ccccc1. The summed E-state index contributed by atoms with van der Waals surface area (Å²) >= 11 is 0. The second-order valence-corrected chi connectivity index (χ2v) is 5.86. The number of amides is 2. The van der Waals surface area contributed by atoms with Crippen LogP contribution in [0, 0.1) is 5.92 Å². The Morgan fingerprint density at radius 2 is 1.61 bits per heavy atom. The van der Waals surface area contributed by atoms with Gasteiger partial charge in [0.1, 0.15) is 0 Å². The maximum atomic E-state index is 12.5. The lowest BCUT2D eigenvalue weighted by atomic mass is 9.98. The minimum absolute atomic E-state index is 0.0208. The number of benzene rings is 2. The summed E-state index contributed by atoms with van der Waals surface area (Å²) in [6.45, 7) is 0.0208. The van der Waals surface area contributed by atoms with Crippen LogP contribution < -0.4 is 0 Å². The molecule has 1 aliphatic rings. The van der Waals surface area contributed by atoms with Gasteiger partial charge >= 0.3 is 0 Å². The zero-order valence-corrected chi connectivity index (χ0v) is 12.8. The molecule has 0 unspecified atom stereocenters. The van der Waals surface area contributed by atoms with Gasteiger partial charge in [-0.25, -0.2) is 0 Å². The van der Waals surface area contributed by atoms with Gasteiger partial charge in [-0.15, -0.1) is 0 Å². The fourth-order valence-corrected chi connectivity index (χ4v) is 2.95. The predicted octanol–water partition coefficient (Wildman–Crippen LogP) is 2.34. The Labute approximate surface area is 135 Å². The molecule has 4 nitrogen and oxygen atoms in total. The Balaban J connectivity index is 1.67. The smallest absolute Gasteiger partial charge is 0.233 e. The van der Waals surface area contributed by atoms with Gasteiger partial charge in [-0.2, -0.15) is 0 Å². The highest BCUT2D eigenvalue weighted by Gasteiger charge is 2.39. The highest BCUT2D eigenvalue weighted by molar-refractivity contribution is 6.03. The third-order valence-corrected chi connectivity index (χ3v) is 4.20. The Hall–Kier alpha value is -2.46. The van der Waals surface area contributed by atoms with Crippen LogP contribution in [0.1, 0.15) is 23.7 Å². The van der Waals surface area contributed by atoms with E-state index in [-0.39, 0.29) is 30.7 Å². The van der Waals surface area contributed by atoms with Crippen LogP contribution in [0.5, 0.6) is 0 Å². The molecule has 118 valence electrons. The van der Waals surface area contributed by atoms with Crippen molar-refractivity contribution in [2.45, 2.75) is 18.9 Å². The Bertz CT molecular complexity index is 684. The topological polar surface area (TPSA) is 57.6 Å². The van der Waals surface area contributed by atoms with Crippen LogP contribution in [0.3, 0.4) is 0 Å². The second-order valence-electron chi connectivity index (χ2n) is 5.86. The predicted molar refractivity (Wildman–Crippen MR) is 86.4 cm³/mol. The van der Waals surface area contributed by atoms with Gasteiger partial charge in [0.2, 0.25) is 11.8 Å². The van der Waals surface area contributed by atoms with E-state index >= 15 is 0 Å². The molecule has 0 radical (unpaired) electrons. The van der Waals surface area contributed by atoms with E-state index in [4.69, 9.17) is 0 Å². The maximum Gasteiger partial charge on any atom is 0.233 e. The van der Waals surface area contributed by atoms with E-state index in [1.54, 1.807) is 12.1 Å². The number of carbonyl (C=O) groups excluding carboxylic acids is 2. The van der Waals surface area contributed by atoms with E-state index in [0.29, 0.717) is 12.0 Å². The molecular formula is C19H19NO3. The Kier molecular flexibility index (Phi) is 4.53. The Morgan fingerprint density at radius 1 is 1.00 bits per heavy atom. The van der Waals surface area contributed by atoms with Gasteiger partial charge in [-0.1, -0.05) is 60.7 Å². The summed E-state index contributed by atoms with van der Waals surface area (Å²) < 4.78 is 0. The van der Waals surface area contributed by atoms with Crippen LogP contribution in [0.15, 0.2) is 60.7 Å². The molecular weight excluding hydrogens is 290 g/mol. The van der Waals surface area contributed by atoms with Crippen molar-refractivity contribution in [1.29, 1.82) is 0 Å². The number of nitrogens with zero attached hydrogens (tertiary/aromatic N) is 1. The first kappa shape index (κ1) is 15.4. The molecule has 4 heteroatoms. The first-order chi connectivity index (χ1) is 11.1. The van der Waals surface area contributed by atoms with Crippen LogP contribution in [-0.2, 0) is 16.0 Å². The van der Waals surface area contributed by atoms with E-state index in [0.717, 1.165) is 5.56 Å². The average Bonchev–Trinajstić information content (AvgIpc) is 2.84. The molecule has 1 heterocycles. The van der Waals surface area contributed by atoms with E-state index in [1.165, 1.54) is 4.90 Å². The molecule has 0 aliphatic carbocycles. The summed E-state index contributed by atoms with van der Waals surface area (Å²) in [5.74, 6) is -0.715. The van der Waals surface area contributed by atoms with Crippen LogP contribution in [0.4, 0.5) is 0 Å². The number of carbonyl (C=O) groups is 2. The summed E-state index contributed by atoms with van der Waals surface area (Å²) in [5.41, 5.74) is 1.75. The molecule has 2 amide bonds. The molecule has 1 fully saturated rings. The van der Waals surface area contributed by atoms with E-state index in [2.05, 4.69) is 0 Å². The molecule has 0 saturated carbocycles. The minimum Gasteiger partial charge on any atom is -0.387 e. The number of aliphatic hydroxyl groups excluding tert-OH is 1. The lowest BCUT2D eigenvalue weighted by Crippen LogP contribution is -2.34. The molecule has 2 aromatic rings. The number of aliphatic hydroxyl groups is 1. The molecule has 1 saturated heterocycles. The lowest BCUT2D eigenvalue weighted by molar-refractivity contribution is -0.141. The van der Waals surface area contributed by atoms with Gasteiger partial charge in [0.15, 0.2) is 0 Å². The van der Waals surface area contributed by atoms with Gasteiger partial charge in [0, 0.05) is 6.42 Å². The number of β-amino-alcohol motifs (C(OH)–C–C–N with tert-alkyl or cyclic N) is 1. The second kappa shape index (κ2) is 6.75. The first-order valence-electron chi connectivity index (χ1n) is 7.76. The highest BCUT2D eigenvalue weighted by Crippen LogP contribution is 2.26. The molecule has 0 bridgehead atoms. The quantitative estimate of drug-likeness (QED) is 0.863. The van der Waals surface area contributed by atoms with Crippen molar-refractivity contribution >= 4 is 11.8 Å². The summed E-state index contributed by atoms with van der Waals surface area (Å²) in [6.07, 6.45) is -0.0712. The van der Waals surface area contributed by atoms with Crippen molar-refractivity contribution < 1.29 is 14.7 Å². The van der Waals surface area contributed by atoms with E-state index < -0.39 is 6.10 Å². The van der Waals surface area contributed by atoms with Crippen LogP contribution in [-0.4, -0.2) is 28.4 Å². The standard InChI is InChI=1S/C19H19NO3/c21-17(15-9-5-2-6-10-15)13-20-18(22)12-16(19(20)23)11-14-7-3-1-4-8-14/h1-10,16-17,21H,11-13H2/t16-,17-/m1/s1. The van der Waals surface area contributed by atoms with Gasteiger partial charge in [0.05, 0.1) is 18.6 Å². The first-order valence-corrected chi connectivity index (χ1v) is 7.76. The molecule has 3 rings (SSSR count). The van der Waals surface area contributed by atoms with Crippen molar-refractivity contribution in [3.63, 3.8) is 0 Å². The van der Waals surface area contributed by atoms with E-state index in [1.807, 2.05) is 48.5 Å². The van der Waals surface area contributed by atoms with Crippen molar-refractivity contribution in [3.05, 3.63) is 71.8 Å². The fraction of sp³-hybridized carbons (Fsp3) is 0.263. The molecule has 23 heavy (non-hydrogen) atoms. The van der Waals surface area contributed by atoms with Crippen molar-refractivity contribution in [2.24, 2.45) is 5.92 Å². The lowest BCUT2D eigenvalue weighted by Gasteiger charge is -2.19. The van der Waals surface area contributed by atoms with Gasteiger partial charge in [-0.05, 0) is 17.5 Å². The zero-order valence-electron chi connectivity index (χ0n) is 12.8. The van der Waals surface area contributed by atoms with Gasteiger partial charge < -0.3 is 5.11 Å². The number of likely N-dealkylation sites (tertiary alicyclic amines) is 1. The summed E-state index contributed by atoms with van der Waals surface area (Å²) in [6, 6.07) is 18.8. The Morgan fingerprint density at radius 3 is 2.26 bits per heavy atom. The van der Waals surface area contributed by atoms with Crippen LogP contribution >= 0.6 is 0 Å². The number of hydrogen-bond donors (Lipinski definition) is 1. The summed E-state index contributed by atoms with van der Waals surface area (Å²) in [4.78, 5) is 25.8. The minimum atomic E-state index is -0.848. The maximum absolute atomic E-state index is 12.5. The number of rotatable bonds is 5. The monoisotopic (exact) mass is 309 g/mol. The largest absolute Gasteiger partial charge is 0.387 e. The number of hydrogen-bond acceptors (Lipinski definition) is 3. The molecule has 1 N–H and O–H groups in total. The zero-order chi connectivity index (χ0) is 16.2. The number of imide groups is 1. The molecule has 2 atom stereocenters.